The molecular weight excluding hydrogens is 170 g/mol. The zero-order valence-electron chi connectivity index (χ0n) is 8.92. The quantitative estimate of drug-likeness (QED) is 0.505. The van der Waals surface area contributed by atoms with Crippen molar-refractivity contribution in [1.29, 1.82) is 0 Å². The maximum absolute atomic E-state index is 11.3. The Bertz CT molecular complexity index is 172. The predicted octanol–water partition coefficient (Wildman–Crippen LogP) is 0.644. The lowest BCUT2D eigenvalue weighted by atomic mass is 10.2. The van der Waals surface area contributed by atoms with Gasteiger partial charge in [0.25, 0.3) is 0 Å². The second-order valence-electron chi connectivity index (χ2n) is 4.10. The van der Waals surface area contributed by atoms with Crippen LogP contribution in [0.5, 0.6) is 0 Å². The van der Waals surface area contributed by atoms with E-state index in [-0.39, 0.29) is 5.97 Å². The first-order chi connectivity index (χ1) is 5.72. The monoisotopic (exact) mass is 189 g/mol. The third-order valence-electron chi connectivity index (χ3n) is 1.25. The summed E-state index contributed by atoms with van der Waals surface area (Å²) in [5.41, 5.74) is -0.480. The van der Waals surface area contributed by atoms with Crippen LogP contribution in [0.2, 0.25) is 0 Å². The Kier molecular flexibility index (Phi) is 4.36. The van der Waals surface area contributed by atoms with Gasteiger partial charge >= 0.3 is 5.97 Å². The first-order valence-electron chi connectivity index (χ1n) is 4.39. The topological polar surface area (TPSA) is 58.6 Å². The summed E-state index contributed by atoms with van der Waals surface area (Å²) in [6, 6.07) is -0.487. The molecule has 2 N–H and O–H groups in total. The number of rotatable bonds is 3. The van der Waals surface area contributed by atoms with Crippen molar-refractivity contribution in [3.05, 3.63) is 0 Å². The Morgan fingerprint density at radius 3 is 2.15 bits per heavy atom. The van der Waals surface area contributed by atoms with E-state index in [0.717, 1.165) is 0 Å². The van der Waals surface area contributed by atoms with E-state index >= 15 is 0 Å². The molecule has 0 saturated carbocycles. The largest absolute Gasteiger partial charge is 0.459 e. The van der Waals surface area contributed by atoms with Crippen LogP contribution in [0, 0.1) is 0 Å². The van der Waals surface area contributed by atoms with Crippen molar-refractivity contribution in [1.82, 2.24) is 5.32 Å². The molecule has 2 atom stereocenters. The van der Waals surface area contributed by atoms with Crippen LogP contribution in [0.25, 0.3) is 0 Å². The fourth-order valence-corrected chi connectivity index (χ4v) is 0.820. The smallest absolute Gasteiger partial charge is 0.323 e. The average molecular weight is 189 g/mol. The van der Waals surface area contributed by atoms with Crippen LogP contribution < -0.4 is 5.32 Å². The van der Waals surface area contributed by atoms with E-state index in [9.17, 15) is 4.79 Å². The molecule has 4 nitrogen and oxygen atoms in total. The third kappa shape index (κ3) is 6.54. The van der Waals surface area contributed by atoms with Gasteiger partial charge in [-0.15, -0.1) is 0 Å². The second-order valence-corrected chi connectivity index (χ2v) is 4.10. The molecule has 0 heterocycles. The van der Waals surface area contributed by atoms with Gasteiger partial charge in [-0.25, -0.2) is 0 Å². The van der Waals surface area contributed by atoms with Crippen LogP contribution in [0.1, 0.15) is 34.6 Å². The van der Waals surface area contributed by atoms with Gasteiger partial charge in [-0.1, -0.05) is 0 Å². The predicted molar refractivity (Wildman–Crippen MR) is 50.1 cm³/mol. The lowest BCUT2D eigenvalue weighted by Gasteiger charge is -2.23. The Morgan fingerprint density at radius 1 is 1.38 bits per heavy atom. The normalized spacial score (nSPS) is 16.5. The summed E-state index contributed by atoms with van der Waals surface area (Å²) in [4.78, 5) is 11.3. The molecule has 78 valence electrons. The van der Waals surface area contributed by atoms with Gasteiger partial charge in [0.15, 0.2) is 0 Å². The minimum Gasteiger partial charge on any atom is -0.459 e. The zero-order valence-corrected chi connectivity index (χ0v) is 8.92. The van der Waals surface area contributed by atoms with Gasteiger partial charge in [0.1, 0.15) is 17.9 Å². The molecule has 0 radical (unpaired) electrons. The van der Waals surface area contributed by atoms with Crippen LogP contribution in [0.4, 0.5) is 0 Å². The van der Waals surface area contributed by atoms with Crippen molar-refractivity contribution in [3.63, 3.8) is 0 Å². The molecule has 0 amide bonds. The fourth-order valence-electron chi connectivity index (χ4n) is 0.820. The van der Waals surface area contributed by atoms with Gasteiger partial charge < -0.3 is 9.84 Å². The molecule has 0 saturated heterocycles. The van der Waals surface area contributed by atoms with Gasteiger partial charge in [-0.2, -0.15) is 0 Å². The molecule has 0 aliphatic heterocycles. The highest BCUT2D eigenvalue weighted by atomic mass is 16.6. The SMILES string of the molecule is CC(O)NC(C)C(=O)OC(C)(C)C. The number of hydrogen-bond donors (Lipinski definition) is 2. The van der Waals surface area contributed by atoms with E-state index < -0.39 is 17.9 Å². The van der Waals surface area contributed by atoms with Crippen LogP contribution in [0.3, 0.4) is 0 Å². The number of nitrogens with one attached hydrogen (secondary N) is 1. The van der Waals surface area contributed by atoms with E-state index in [1.807, 2.05) is 0 Å². The summed E-state index contributed by atoms with van der Waals surface area (Å²) in [6.07, 6.45) is -0.706. The average Bonchev–Trinajstić information content (AvgIpc) is 1.81. The van der Waals surface area contributed by atoms with Gasteiger partial charge in [0.05, 0.1) is 0 Å². The van der Waals surface area contributed by atoms with E-state index in [1.165, 1.54) is 0 Å². The Morgan fingerprint density at radius 2 is 1.85 bits per heavy atom. The van der Waals surface area contributed by atoms with Crippen molar-refractivity contribution in [2.24, 2.45) is 0 Å². The van der Waals surface area contributed by atoms with E-state index in [2.05, 4.69) is 5.32 Å². The minimum absolute atomic E-state index is 0.353. The molecule has 0 aliphatic rings. The maximum Gasteiger partial charge on any atom is 0.323 e. The highest BCUT2D eigenvalue weighted by molar-refractivity contribution is 5.75. The highest BCUT2D eigenvalue weighted by Gasteiger charge is 2.21. The first-order valence-corrected chi connectivity index (χ1v) is 4.39. The number of ether oxygens (including phenoxy) is 1. The van der Waals surface area contributed by atoms with Gasteiger partial charge in [-0.05, 0) is 34.6 Å². The maximum atomic E-state index is 11.3. The van der Waals surface area contributed by atoms with Crippen molar-refractivity contribution in [2.45, 2.75) is 52.5 Å². The molecule has 4 heteroatoms. The van der Waals surface area contributed by atoms with E-state index in [1.54, 1.807) is 34.6 Å². The van der Waals surface area contributed by atoms with E-state index in [4.69, 9.17) is 9.84 Å². The van der Waals surface area contributed by atoms with Crippen molar-refractivity contribution >= 4 is 5.97 Å². The molecule has 0 spiro atoms. The number of aliphatic hydroxyl groups is 1. The van der Waals surface area contributed by atoms with Crippen LogP contribution in [-0.2, 0) is 9.53 Å². The summed E-state index contributed by atoms with van der Waals surface area (Å²) in [5.74, 6) is -0.353. The van der Waals surface area contributed by atoms with Crippen LogP contribution in [0.15, 0.2) is 0 Å². The van der Waals surface area contributed by atoms with Crippen molar-refractivity contribution < 1.29 is 14.6 Å². The molecule has 0 bridgehead atoms. The van der Waals surface area contributed by atoms with Gasteiger partial charge in [0, 0.05) is 0 Å². The molecule has 0 aromatic heterocycles. The molecule has 0 fully saturated rings. The number of carbonyl (C=O) groups excluding carboxylic acids is 1. The van der Waals surface area contributed by atoms with Gasteiger partial charge in [0.2, 0.25) is 0 Å². The lowest BCUT2D eigenvalue weighted by molar-refractivity contribution is -0.157. The van der Waals surface area contributed by atoms with Crippen LogP contribution >= 0.6 is 0 Å². The van der Waals surface area contributed by atoms with Gasteiger partial charge in [-0.3, -0.25) is 10.1 Å². The summed E-state index contributed by atoms with van der Waals surface area (Å²) in [6.45, 7) is 8.63. The number of aliphatic hydroxyl groups excluding tert-OH is 1. The van der Waals surface area contributed by atoms with Crippen LogP contribution in [-0.4, -0.2) is 28.9 Å². The fraction of sp³-hybridized carbons (Fsp3) is 0.889. The summed E-state index contributed by atoms with van der Waals surface area (Å²) >= 11 is 0. The Hall–Kier alpha value is -0.610. The number of esters is 1. The molecule has 0 aliphatic carbocycles. The first kappa shape index (κ1) is 12.4. The van der Waals surface area contributed by atoms with Crippen molar-refractivity contribution in [2.75, 3.05) is 0 Å². The zero-order chi connectivity index (χ0) is 10.6. The minimum atomic E-state index is -0.706. The Labute approximate surface area is 79.3 Å². The second kappa shape index (κ2) is 4.58. The summed E-state index contributed by atoms with van der Waals surface area (Å²) < 4.78 is 5.09. The lowest BCUT2D eigenvalue weighted by Crippen LogP contribution is -2.43. The molecule has 0 aromatic rings. The number of carbonyl (C=O) groups is 1. The molecule has 13 heavy (non-hydrogen) atoms. The van der Waals surface area contributed by atoms with Crippen molar-refractivity contribution in [3.8, 4) is 0 Å². The molecule has 0 rings (SSSR count). The number of hydrogen-bond acceptors (Lipinski definition) is 4. The summed E-state index contributed by atoms with van der Waals surface area (Å²) in [7, 11) is 0. The Balaban J connectivity index is 3.97. The third-order valence-corrected chi connectivity index (χ3v) is 1.25. The molecule has 0 aromatic carbocycles. The highest BCUT2D eigenvalue weighted by Crippen LogP contribution is 2.08. The molecule has 2 unspecified atom stereocenters. The van der Waals surface area contributed by atoms with E-state index in [0.29, 0.717) is 0 Å². The summed E-state index contributed by atoms with van der Waals surface area (Å²) in [5, 5.41) is 11.6. The molecular formula is C9H19NO3. The standard InChI is InChI=1S/C9H19NO3/c1-6(10-7(2)11)8(12)13-9(3,4)5/h6-7,10-11H,1-5H3.